The molecule has 3 spiro atoms. The molecule has 9 heterocycles. The number of nitrogens with zero attached hydrogens (tertiary/aromatic N) is 8. The van der Waals surface area contributed by atoms with E-state index in [9.17, 15) is 41.0 Å². The van der Waals surface area contributed by atoms with Gasteiger partial charge in [-0.15, -0.1) is 0 Å². The van der Waals surface area contributed by atoms with Crippen LogP contribution in [-0.4, -0.2) is 122 Å². The first-order valence-corrected chi connectivity index (χ1v) is 37.3. The van der Waals surface area contributed by atoms with Gasteiger partial charge < -0.3 is 56.4 Å². The van der Waals surface area contributed by atoms with Gasteiger partial charge in [0.1, 0.15) is 28.2 Å². The van der Waals surface area contributed by atoms with Crippen LogP contribution in [0.15, 0.2) is 109 Å². The van der Waals surface area contributed by atoms with E-state index < -0.39 is 53.1 Å². The molecular weight excluding hydrogens is 1580 g/mol. The number of hydrogen-bond acceptors (Lipinski definition) is 20. The van der Waals surface area contributed by atoms with E-state index in [0.717, 1.165) is 31.5 Å². The lowest BCUT2D eigenvalue weighted by Gasteiger charge is -2.41. The Bertz CT molecular complexity index is 4990. The molecule has 0 aliphatic carbocycles. The number of benzene rings is 6. The quantitative estimate of drug-likeness (QED) is 0.0388. The van der Waals surface area contributed by atoms with Crippen LogP contribution in [0, 0.1) is 38.2 Å². The number of anilines is 2. The zero-order chi connectivity index (χ0) is 79.5. The van der Waals surface area contributed by atoms with E-state index in [1.165, 1.54) is 25.1 Å². The standard InChI is InChI=1S/C26H25Cl2FN4O3.C24H23Cl2FN4O2.C13H9Cl3N2O.C12H15FN2O.C2HF3O.H2/c1-3-35-25(34)21-24(31-14(2)20(32-21)15-6-4-8-17(27)19(15)28)33-12-10-26(11-13-33)23(30)16-7-5-9-18(29)22(16)36-26;1-13-20(14-4-2-6-16(25)19(14)26)30-18(12-32)23(29-13)31-10-8-24(9-11-31)22(28)15-5-3-7-17(27)21(15)33-24;1-6-11(8-4-3-5-9(14)10(8)15)18-12(7(2)19)13(16)17-6;13-9-3-1-2-8-10(9)16-12(11(8)14)4-6-15-7-5-12;3-2(4,5)1-6;/h4-9,23H,3,10-13,30H2,1-2H3;2-7,22,32H,8-12,28H2,1H3;3-5H,1-2H3;1-3,11,15H,4-7,14H2;1H;1H/t23-;22-;;11-;;/m11.1../s1/i;;;;;1+2. The van der Waals surface area contributed by atoms with Crippen molar-refractivity contribution in [3.63, 3.8) is 0 Å². The van der Waals surface area contributed by atoms with Gasteiger partial charge in [0.05, 0.1) is 95.6 Å². The van der Waals surface area contributed by atoms with Crippen LogP contribution in [0.5, 0.6) is 17.2 Å². The number of ether oxygens (including phenoxy) is 4. The van der Waals surface area contributed by atoms with Gasteiger partial charge in [-0.05, 0) is 77.2 Å². The molecule has 6 aliphatic heterocycles. The second-order valence-corrected chi connectivity index (χ2v) is 29.3. The number of nitrogens with two attached hydrogens (primary N) is 3. The topological polar surface area (TPSA) is 282 Å². The molecule has 33 heteroatoms. The molecule has 582 valence electrons. The van der Waals surface area contributed by atoms with Crippen molar-refractivity contribution < 1.29 is 66.2 Å². The molecule has 3 saturated heterocycles. The van der Waals surface area contributed by atoms with Crippen LogP contribution in [-0.2, 0) is 16.1 Å². The molecule has 3 fully saturated rings. The minimum atomic E-state index is -4.64. The summed E-state index contributed by atoms with van der Waals surface area (Å²) in [5.74, 6) is -0.0674. The van der Waals surface area contributed by atoms with Crippen molar-refractivity contribution in [3.05, 3.63) is 213 Å². The van der Waals surface area contributed by atoms with Crippen LogP contribution in [0.25, 0.3) is 33.8 Å². The van der Waals surface area contributed by atoms with Gasteiger partial charge in [0.25, 0.3) is 0 Å². The molecule has 3 atom stereocenters. The number of carbonyl (C=O) groups is 3. The van der Waals surface area contributed by atoms with Crippen molar-refractivity contribution in [2.75, 3.05) is 55.7 Å². The van der Waals surface area contributed by atoms with E-state index in [2.05, 4.69) is 30.2 Å². The van der Waals surface area contributed by atoms with Gasteiger partial charge >= 0.3 is 12.1 Å². The van der Waals surface area contributed by atoms with Crippen molar-refractivity contribution in [1.82, 2.24) is 35.2 Å². The smallest absolute Gasteiger partial charge is 0.446 e. The van der Waals surface area contributed by atoms with Crippen LogP contribution in [0.1, 0.15) is 132 Å². The maximum Gasteiger partial charge on any atom is 0.446 e. The monoisotopic (exact) mass is 1660 g/mol. The number of Topliss-reactive ketones (excluding diaryl/α,β-unsaturated/α-hetero) is 1. The molecule has 0 radical (unpaired) electrons. The molecule has 3 aromatic heterocycles. The van der Waals surface area contributed by atoms with Crippen LogP contribution in [0.4, 0.5) is 38.0 Å². The number of ketones is 1. The van der Waals surface area contributed by atoms with Gasteiger partial charge in [-0.25, -0.2) is 47.9 Å². The van der Waals surface area contributed by atoms with Gasteiger partial charge in [-0.1, -0.05) is 154 Å². The van der Waals surface area contributed by atoms with Gasteiger partial charge in [-0.2, -0.15) is 13.2 Å². The lowest BCUT2D eigenvalue weighted by atomic mass is 9.83. The molecule has 6 aromatic carbocycles. The largest absolute Gasteiger partial charge is 0.482 e. The first-order valence-electron chi connectivity index (χ1n) is 34.7. The van der Waals surface area contributed by atoms with Crippen molar-refractivity contribution in [3.8, 4) is 51.0 Å². The molecule has 9 aromatic rings. The van der Waals surface area contributed by atoms with Crippen LogP contribution in [0.3, 0.4) is 0 Å². The number of piperidine rings is 3. The summed E-state index contributed by atoms with van der Waals surface area (Å²) >= 11 is 43.2. The van der Waals surface area contributed by atoms with Gasteiger partial charge in [0.15, 0.2) is 63.0 Å². The van der Waals surface area contributed by atoms with Crippen molar-refractivity contribution in [1.29, 1.82) is 0 Å². The zero-order valence-corrected chi connectivity index (χ0v) is 64.9. The molecule has 20 nitrogen and oxygen atoms in total. The summed E-state index contributed by atoms with van der Waals surface area (Å²) in [6.07, 6.45) is -1.80. The summed E-state index contributed by atoms with van der Waals surface area (Å²) in [4.78, 5) is 64.4. The predicted molar refractivity (Wildman–Crippen MR) is 413 cm³/mol. The van der Waals surface area contributed by atoms with E-state index in [1.807, 2.05) is 30.0 Å². The Hall–Kier alpha value is -8.22. The molecular formula is C77H75Cl7F6N12O8. The van der Waals surface area contributed by atoms with Gasteiger partial charge in [0, 0.05) is 106 Å². The van der Waals surface area contributed by atoms with E-state index in [1.54, 1.807) is 93.6 Å². The van der Waals surface area contributed by atoms with E-state index in [-0.39, 0.29) is 66.1 Å². The van der Waals surface area contributed by atoms with Crippen molar-refractivity contribution in [2.45, 2.75) is 121 Å². The van der Waals surface area contributed by atoms with Crippen LogP contribution < -0.4 is 46.5 Å². The highest BCUT2D eigenvalue weighted by molar-refractivity contribution is 6.45. The summed E-state index contributed by atoms with van der Waals surface area (Å²) < 4.78 is 96.8. The number of aliphatic hydroxyl groups is 1. The zero-order valence-electron chi connectivity index (χ0n) is 59.6. The van der Waals surface area contributed by atoms with Crippen LogP contribution >= 0.6 is 81.2 Å². The second-order valence-electron chi connectivity index (χ2n) is 26.6. The summed E-state index contributed by atoms with van der Waals surface area (Å²) in [5, 5.41) is 15.7. The highest BCUT2D eigenvalue weighted by Crippen LogP contribution is 2.52. The minimum Gasteiger partial charge on any atom is -0.482 e. The third-order valence-corrected chi connectivity index (χ3v) is 22.5. The van der Waals surface area contributed by atoms with Crippen molar-refractivity contribution >= 4 is 111 Å². The molecule has 8 N–H and O–H groups in total. The number of carbonyl (C=O) groups excluding carboxylic acids is 3. The van der Waals surface area contributed by atoms with Gasteiger partial charge in [0.2, 0.25) is 6.29 Å². The fourth-order valence-electron chi connectivity index (χ4n) is 14.1. The van der Waals surface area contributed by atoms with E-state index in [0.29, 0.717) is 167 Å². The van der Waals surface area contributed by atoms with Gasteiger partial charge in [-0.3, -0.25) is 9.59 Å². The molecule has 0 saturated carbocycles. The Morgan fingerprint density at radius 3 is 1.26 bits per heavy atom. The number of rotatable bonds is 9. The average molecular weight is 1660 g/mol. The van der Waals surface area contributed by atoms with Crippen molar-refractivity contribution in [2.24, 2.45) is 17.2 Å². The first-order chi connectivity index (χ1) is 52.3. The Morgan fingerprint density at radius 2 is 0.900 bits per heavy atom. The highest BCUT2D eigenvalue weighted by Gasteiger charge is 2.52. The molecule has 110 heavy (non-hydrogen) atoms. The van der Waals surface area contributed by atoms with Crippen LogP contribution in [0.2, 0.25) is 35.3 Å². The Kier molecular flexibility index (Phi) is 25.9. The van der Waals surface area contributed by atoms with E-state index >= 15 is 0 Å². The SMILES string of the molecule is CC(=O)c1nc(-c2cccc(Cl)c2Cl)c(C)nc1Cl.CCOC(=O)c1nc(-c2cccc(Cl)c2Cl)c(C)nc1N1CCC2(CC1)Oc1c(F)cccc1[C@H]2N.Cc1nc(N2CCC3(CC2)Oc2c(F)cccc2[C@H]3N)c(CO)nc1-c1cccc(Cl)c1Cl.N[C@@H]1c2cccc(F)c2OC12CCNCC2.O=CC(F)(F)F.[3HH]. The average Bonchev–Trinajstić information content (AvgIpc) is 1.63. The Balaban J connectivity index is 0.000000160. The Labute approximate surface area is 665 Å². The van der Waals surface area contributed by atoms with E-state index in [4.69, 9.17) is 132 Å². The summed E-state index contributed by atoms with van der Waals surface area (Å²) in [6.45, 7) is 12.3. The maximum absolute atomic E-state index is 14.4. The number of aromatic nitrogens is 6. The minimum absolute atomic E-state index is 0. The third-order valence-electron chi connectivity index (χ3n) is 19.8. The molecule has 0 bridgehead atoms. The predicted octanol–water partition coefficient (Wildman–Crippen LogP) is 17.3. The number of para-hydroxylation sites is 3. The molecule has 0 unspecified atom stereocenters. The number of fused-ring (bicyclic) bond motifs is 3. The number of aliphatic hydroxyl groups excluding tert-OH is 1. The number of aldehydes is 1. The summed E-state index contributed by atoms with van der Waals surface area (Å²) in [7, 11) is 0. The first kappa shape index (κ1) is 82.7. The lowest BCUT2D eigenvalue weighted by molar-refractivity contribution is -0.156. The Morgan fingerprint density at radius 1 is 0.555 bits per heavy atom. The molecule has 15 rings (SSSR count). The highest BCUT2D eigenvalue weighted by atomic mass is 35.5. The number of halogens is 13. The number of alkyl halides is 3. The second kappa shape index (κ2) is 34.4. The maximum atomic E-state index is 14.4. The number of hydrogen-bond donors (Lipinski definition) is 5. The third kappa shape index (κ3) is 17.1. The number of esters is 1. The molecule has 0 amide bonds. The normalized spacial score (nSPS) is 17.9. The number of aryl methyl sites for hydroxylation is 3. The fraction of sp³-hybridized carbons (Fsp3) is 0.338. The fourth-order valence-corrected chi connectivity index (χ4v) is 15.5. The lowest BCUT2D eigenvalue weighted by Crippen LogP contribution is -2.52. The molecule has 6 aliphatic rings. The number of nitrogens with one attached hydrogen (secondary N) is 1. The summed E-state index contributed by atoms with van der Waals surface area (Å²) in [5.41, 5.74) is 25.6. The summed E-state index contributed by atoms with van der Waals surface area (Å²) in [6, 6.07) is 29.4.